The van der Waals surface area contributed by atoms with Crippen LogP contribution in [0, 0.1) is 0 Å². The van der Waals surface area contributed by atoms with Gasteiger partial charge in [0.05, 0.1) is 12.1 Å². The van der Waals surface area contributed by atoms with Crippen molar-refractivity contribution in [1.82, 2.24) is 4.90 Å². The first-order valence-electron chi connectivity index (χ1n) is 6.82. The highest BCUT2D eigenvalue weighted by atomic mass is 15.4. The van der Waals surface area contributed by atoms with E-state index < -0.39 is 0 Å². The fourth-order valence-corrected chi connectivity index (χ4v) is 3.46. The Morgan fingerprint density at radius 1 is 1.33 bits per heavy atom. The highest BCUT2D eigenvalue weighted by Crippen LogP contribution is 2.38. The summed E-state index contributed by atoms with van der Waals surface area (Å²) in [7, 11) is 0. The van der Waals surface area contributed by atoms with Crippen LogP contribution in [0.3, 0.4) is 0 Å². The van der Waals surface area contributed by atoms with Crippen molar-refractivity contribution in [2.45, 2.75) is 44.7 Å². The van der Waals surface area contributed by atoms with E-state index >= 15 is 0 Å². The van der Waals surface area contributed by atoms with Gasteiger partial charge in [0.1, 0.15) is 0 Å². The molecule has 1 aromatic rings. The molecule has 18 heavy (non-hydrogen) atoms. The molecule has 1 atom stereocenters. The van der Waals surface area contributed by atoms with E-state index in [0.29, 0.717) is 6.04 Å². The zero-order chi connectivity index (χ0) is 12.8. The SMILES string of the molecule is CCC(C)N1C(N)=NCC12Cc1ccccc1C2. The molecule has 96 valence electrons. The Labute approximate surface area is 109 Å². The molecule has 2 aliphatic rings. The molecule has 1 spiro atoms. The quantitative estimate of drug-likeness (QED) is 0.862. The molecule has 0 amide bonds. The predicted molar refractivity (Wildman–Crippen MR) is 74.7 cm³/mol. The van der Waals surface area contributed by atoms with Gasteiger partial charge < -0.3 is 10.6 Å². The summed E-state index contributed by atoms with van der Waals surface area (Å²) in [6, 6.07) is 9.21. The smallest absolute Gasteiger partial charge is 0.192 e. The van der Waals surface area contributed by atoms with Crippen LogP contribution < -0.4 is 5.73 Å². The second-order valence-electron chi connectivity index (χ2n) is 5.65. The summed E-state index contributed by atoms with van der Waals surface area (Å²) in [5, 5.41) is 0. The van der Waals surface area contributed by atoms with Crippen molar-refractivity contribution in [3.63, 3.8) is 0 Å². The van der Waals surface area contributed by atoms with E-state index in [0.717, 1.165) is 31.8 Å². The van der Waals surface area contributed by atoms with E-state index in [9.17, 15) is 0 Å². The molecule has 3 heteroatoms. The van der Waals surface area contributed by atoms with Gasteiger partial charge in [0.2, 0.25) is 0 Å². The molecule has 1 aromatic carbocycles. The maximum Gasteiger partial charge on any atom is 0.192 e. The third-order valence-electron chi connectivity index (χ3n) is 4.48. The average molecular weight is 243 g/mol. The first kappa shape index (κ1) is 11.6. The number of hydrogen-bond acceptors (Lipinski definition) is 3. The highest BCUT2D eigenvalue weighted by Gasteiger charge is 2.47. The van der Waals surface area contributed by atoms with Gasteiger partial charge in [0.15, 0.2) is 5.96 Å². The van der Waals surface area contributed by atoms with Gasteiger partial charge in [0.25, 0.3) is 0 Å². The number of rotatable bonds is 2. The Balaban J connectivity index is 1.94. The van der Waals surface area contributed by atoms with E-state index in [1.807, 2.05) is 0 Å². The van der Waals surface area contributed by atoms with E-state index in [4.69, 9.17) is 5.73 Å². The van der Waals surface area contributed by atoms with Crippen molar-refractivity contribution < 1.29 is 0 Å². The van der Waals surface area contributed by atoms with Crippen molar-refractivity contribution in [2.75, 3.05) is 6.54 Å². The molecule has 1 aliphatic carbocycles. The van der Waals surface area contributed by atoms with Crippen molar-refractivity contribution in [3.05, 3.63) is 35.4 Å². The lowest BCUT2D eigenvalue weighted by molar-refractivity contribution is 0.162. The molecule has 2 N–H and O–H groups in total. The molecule has 0 radical (unpaired) electrons. The van der Waals surface area contributed by atoms with Gasteiger partial charge in [-0.25, -0.2) is 0 Å². The fraction of sp³-hybridized carbons (Fsp3) is 0.533. The van der Waals surface area contributed by atoms with Crippen molar-refractivity contribution in [1.29, 1.82) is 0 Å². The van der Waals surface area contributed by atoms with Gasteiger partial charge in [-0.15, -0.1) is 0 Å². The summed E-state index contributed by atoms with van der Waals surface area (Å²) >= 11 is 0. The first-order chi connectivity index (χ1) is 8.66. The number of benzene rings is 1. The van der Waals surface area contributed by atoms with E-state index in [-0.39, 0.29) is 5.54 Å². The van der Waals surface area contributed by atoms with E-state index in [1.165, 1.54) is 11.1 Å². The standard InChI is InChI=1S/C15H21N3/c1-3-11(2)18-14(16)17-10-15(18)8-12-6-4-5-7-13(12)9-15/h4-7,11H,3,8-10H2,1-2H3,(H2,16,17). The van der Waals surface area contributed by atoms with Gasteiger partial charge in [-0.05, 0) is 37.3 Å². The summed E-state index contributed by atoms with van der Waals surface area (Å²) < 4.78 is 0. The molecule has 0 bridgehead atoms. The molecule has 3 rings (SSSR count). The van der Waals surface area contributed by atoms with Gasteiger partial charge >= 0.3 is 0 Å². The zero-order valence-corrected chi connectivity index (χ0v) is 11.2. The Kier molecular flexibility index (Phi) is 2.58. The molecule has 0 fully saturated rings. The Hall–Kier alpha value is -1.51. The summed E-state index contributed by atoms with van der Waals surface area (Å²) in [6.07, 6.45) is 3.27. The largest absolute Gasteiger partial charge is 0.370 e. The topological polar surface area (TPSA) is 41.6 Å². The lowest BCUT2D eigenvalue weighted by Gasteiger charge is -2.40. The second kappa shape index (κ2) is 4.01. The van der Waals surface area contributed by atoms with Crippen LogP contribution in [0.25, 0.3) is 0 Å². The van der Waals surface area contributed by atoms with Crippen molar-refractivity contribution in [3.8, 4) is 0 Å². The van der Waals surface area contributed by atoms with Crippen LogP contribution in [0.15, 0.2) is 29.3 Å². The summed E-state index contributed by atoms with van der Waals surface area (Å²) in [6.45, 7) is 5.31. The number of hydrogen-bond donors (Lipinski definition) is 1. The van der Waals surface area contributed by atoms with Crippen LogP contribution in [0.2, 0.25) is 0 Å². The van der Waals surface area contributed by atoms with Crippen LogP contribution in [-0.4, -0.2) is 29.0 Å². The molecule has 3 nitrogen and oxygen atoms in total. The summed E-state index contributed by atoms with van der Waals surface area (Å²) in [5.74, 6) is 0.733. The summed E-state index contributed by atoms with van der Waals surface area (Å²) in [5.41, 5.74) is 9.17. The first-order valence-corrected chi connectivity index (χ1v) is 6.82. The minimum Gasteiger partial charge on any atom is -0.370 e. The van der Waals surface area contributed by atoms with Gasteiger partial charge in [-0.1, -0.05) is 31.2 Å². The summed E-state index contributed by atoms with van der Waals surface area (Å²) in [4.78, 5) is 6.89. The number of fused-ring (bicyclic) bond motifs is 1. The molecule has 0 saturated carbocycles. The van der Waals surface area contributed by atoms with Crippen molar-refractivity contribution >= 4 is 5.96 Å². The van der Waals surface area contributed by atoms with E-state index in [2.05, 4.69) is 48.0 Å². The van der Waals surface area contributed by atoms with Crippen molar-refractivity contribution in [2.24, 2.45) is 10.7 Å². The van der Waals surface area contributed by atoms with Gasteiger partial charge in [0, 0.05) is 6.04 Å². The Bertz CT molecular complexity index is 467. The third-order valence-corrected chi connectivity index (χ3v) is 4.48. The molecule has 1 aliphatic heterocycles. The fourth-order valence-electron chi connectivity index (χ4n) is 3.46. The minimum atomic E-state index is 0.114. The Morgan fingerprint density at radius 3 is 2.50 bits per heavy atom. The highest BCUT2D eigenvalue weighted by molar-refractivity contribution is 5.81. The third kappa shape index (κ3) is 1.53. The number of nitrogens with zero attached hydrogens (tertiary/aromatic N) is 2. The maximum absolute atomic E-state index is 6.12. The van der Waals surface area contributed by atoms with Crippen LogP contribution in [0.4, 0.5) is 0 Å². The molecule has 0 aromatic heterocycles. The predicted octanol–water partition coefficient (Wildman–Crippen LogP) is 1.95. The lowest BCUT2D eigenvalue weighted by atomic mass is 9.92. The van der Waals surface area contributed by atoms with Crippen LogP contribution in [0.1, 0.15) is 31.4 Å². The molecular weight excluding hydrogens is 222 g/mol. The normalized spacial score (nSPS) is 22.1. The zero-order valence-electron chi connectivity index (χ0n) is 11.2. The minimum absolute atomic E-state index is 0.114. The monoisotopic (exact) mass is 243 g/mol. The molecule has 1 heterocycles. The van der Waals surface area contributed by atoms with Gasteiger partial charge in [-0.2, -0.15) is 0 Å². The van der Waals surface area contributed by atoms with E-state index in [1.54, 1.807) is 0 Å². The molecule has 0 saturated heterocycles. The van der Waals surface area contributed by atoms with Crippen LogP contribution in [0.5, 0.6) is 0 Å². The number of guanidine groups is 1. The second-order valence-corrected chi connectivity index (χ2v) is 5.65. The van der Waals surface area contributed by atoms with Gasteiger partial charge in [-0.3, -0.25) is 4.99 Å². The van der Waals surface area contributed by atoms with Crippen LogP contribution in [-0.2, 0) is 12.8 Å². The average Bonchev–Trinajstić information content (AvgIpc) is 2.89. The maximum atomic E-state index is 6.12. The Morgan fingerprint density at radius 2 is 1.94 bits per heavy atom. The lowest BCUT2D eigenvalue weighted by Crippen LogP contribution is -2.56. The molecular formula is C15H21N3. The molecule has 1 unspecified atom stereocenters. The van der Waals surface area contributed by atoms with Crippen LogP contribution >= 0.6 is 0 Å². The number of aliphatic imine (C=N–C) groups is 1. The number of nitrogens with two attached hydrogens (primary N) is 1.